The summed E-state index contributed by atoms with van der Waals surface area (Å²) in [6, 6.07) is 5.27. The maximum Gasteiger partial charge on any atom is 0.416 e. The number of benzene rings is 1. The first-order valence-electron chi connectivity index (χ1n) is 7.91. The first-order valence-corrected chi connectivity index (χ1v) is 7.91. The van der Waals surface area contributed by atoms with Crippen LogP contribution in [0.2, 0.25) is 0 Å². The van der Waals surface area contributed by atoms with Gasteiger partial charge in [0.15, 0.2) is 6.10 Å². The van der Waals surface area contributed by atoms with Crippen molar-refractivity contribution in [1.29, 1.82) is 0 Å². The minimum atomic E-state index is -4.74. The van der Waals surface area contributed by atoms with Crippen molar-refractivity contribution in [2.24, 2.45) is 0 Å². The molecule has 7 heteroatoms. The third-order valence-electron chi connectivity index (χ3n) is 4.54. The quantitative estimate of drug-likeness (QED) is 0.902. The van der Waals surface area contributed by atoms with Gasteiger partial charge in [0.05, 0.1) is 17.6 Å². The molecule has 1 amide bonds. The number of H-pyrrole nitrogens is 1. The number of aromatic nitrogens is 1. The Morgan fingerprint density at radius 1 is 1.33 bits per heavy atom. The van der Waals surface area contributed by atoms with E-state index in [-0.39, 0.29) is 0 Å². The van der Waals surface area contributed by atoms with Gasteiger partial charge in [-0.2, -0.15) is 13.2 Å². The van der Waals surface area contributed by atoms with Crippen LogP contribution in [-0.4, -0.2) is 46.8 Å². The normalized spacial score (nSPS) is 16.0. The molecule has 130 valence electrons. The van der Waals surface area contributed by atoms with Crippen molar-refractivity contribution in [2.45, 2.75) is 38.0 Å². The zero-order valence-corrected chi connectivity index (χ0v) is 13.3. The lowest BCUT2D eigenvalue weighted by Crippen LogP contribution is -2.41. The molecule has 3 rings (SSSR count). The van der Waals surface area contributed by atoms with Crippen LogP contribution in [-0.2, 0) is 12.8 Å². The molecule has 1 heterocycles. The van der Waals surface area contributed by atoms with E-state index in [9.17, 15) is 23.1 Å². The first kappa shape index (κ1) is 16.8. The highest BCUT2D eigenvalue weighted by molar-refractivity contribution is 6.06. The van der Waals surface area contributed by atoms with Crippen LogP contribution in [0.25, 0.3) is 10.9 Å². The van der Waals surface area contributed by atoms with Crippen LogP contribution in [0, 0.1) is 0 Å². The molecule has 1 aliphatic rings. The number of halogens is 3. The molecule has 2 N–H and O–H groups in total. The summed E-state index contributed by atoms with van der Waals surface area (Å²) < 4.78 is 37.5. The number of carbonyl (C=O) groups excluding carboxylic acids is 1. The van der Waals surface area contributed by atoms with Gasteiger partial charge in [-0.15, -0.1) is 0 Å². The smallest absolute Gasteiger partial charge is 0.382 e. The summed E-state index contributed by atoms with van der Waals surface area (Å²) >= 11 is 0. The summed E-state index contributed by atoms with van der Waals surface area (Å²) in [5.41, 5.74) is 3.31. The van der Waals surface area contributed by atoms with E-state index in [1.54, 1.807) is 12.1 Å². The number of amides is 1. The van der Waals surface area contributed by atoms with Gasteiger partial charge in [-0.3, -0.25) is 4.79 Å². The highest BCUT2D eigenvalue weighted by Crippen LogP contribution is 2.31. The number of fused-ring (bicyclic) bond motifs is 3. The molecule has 0 radical (unpaired) electrons. The summed E-state index contributed by atoms with van der Waals surface area (Å²) in [5, 5.41) is 10.1. The van der Waals surface area contributed by atoms with Crippen LogP contribution in [0.4, 0.5) is 13.2 Å². The molecule has 24 heavy (non-hydrogen) atoms. The number of alkyl halides is 3. The van der Waals surface area contributed by atoms with Crippen LogP contribution < -0.4 is 0 Å². The van der Waals surface area contributed by atoms with Crippen molar-refractivity contribution in [3.63, 3.8) is 0 Å². The Labute approximate surface area is 137 Å². The number of hydrogen-bond acceptors (Lipinski definition) is 2. The van der Waals surface area contributed by atoms with Gasteiger partial charge in [0.25, 0.3) is 5.91 Å². The minimum Gasteiger partial charge on any atom is -0.382 e. The number of carbonyl (C=O) groups is 1. The number of hydrogen-bond donors (Lipinski definition) is 2. The summed E-state index contributed by atoms with van der Waals surface area (Å²) in [7, 11) is 1.26. The Balaban J connectivity index is 1.91. The number of aryl methyl sites for hydroxylation is 2. The topological polar surface area (TPSA) is 56.3 Å². The predicted octanol–water partition coefficient (Wildman–Crippen LogP) is 3.04. The average molecular weight is 340 g/mol. The Morgan fingerprint density at radius 3 is 2.75 bits per heavy atom. The molecule has 0 fully saturated rings. The van der Waals surface area contributed by atoms with E-state index in [0.717, 1.165) is 41.7 Å². The molecular formula is C17H19F3N2O2. The van der Waals surface area contributed by atoms with Gasteiger partial charge in [0.1, 0.15) is 0 Å². The largest absolute Gasteiger partial charge is 0.416 e. The molecule has 1 aromatic carbocycles. The maximum atomic E-state index is 12.6. The number of nitrogens with zero attached hydrogens (tertiary/aromatic N) is 1. The molecule has 0 spiro atoms. The fourth-order valence-electron chi connectivity index (χ4n) is 3.26. The first-order chi connectivity index (χ1) is 11.3. The van der Waals surface area contributed by atoms with Crippen molar-refractivity contribution in [2.75, 3.05) is 13.6 Å². The second-order valence-electron chi connectivity index (χ2n) is 6.26. The van der Waals surface area contributed by atoms with Gasteiger partial charge in [-0.25, -0.2) is 0 Å². The summed E-state index contributed by atoms with van der Waals surface area (Å²) in [4.78, 5) is 16.7. The molecule has 0 bridgehead atoms. The molecule has 0 saturated carbocycles. The SMILES string of the molecule is CN(CC(O)C(F)(F)F)C(=O)c1cccc2c3c([nH]c12)CCCC3. The van der Waals surface area contributed by atoms with Crippen LogP contribution in [0.5, 0.6) is 0 Å². The van der Waals surface area contributed by atoms with E-state index >= 15 is 0 Å². The zero-order valence-electron chi connectivity index (χ0n) is 13.3. The van der Waals surface area contributed by atoms with Crippen LogP contribution >= 0.6 is 0 Å². The molecule has 2 aromatic rings. The van der Waals surface area contributed by atoms with Crippen molar-refractivity contribution < 1.29 is 23.1 Å². The summed E-state index contributed by atoms with van der Waals surface area (Å²) in [6.07, 6.45) is -3.26. The van der Waals surface area contributed by atoms with Crippen molar-refractivity contribution in [1.82, 2.24) is 9.88 Å². The van der Waals surface area contributed by atoms with Crippen LogP contribution in [0.3, 0.4) is 0 Å². The Morgan fingerprint density at radius 2 is 2.04 bits per heavy atom. The molecular weight excluding hydrogens is 321 g/mol. The summed E-state index contributed by atoms with van der Waals surface area (Å²) in [5.74, 6) is -0.539. The van der Waals surface area contributed by atoms with Gasteiger partial charge in [-0.1, -0.05) is 12.1 Å². The van der Waals surface area contributed by atoms with Gasteiger partial charge in [0, 0.05) is 18.1 Å². The van der Waals surface area contributed by atoms with E-state index in [0.29, 0.717) is 11.1 Å². The highest BCUT2D eigenvalue weighted by Gasteiger charge is 2.39. The number of aliphatic hydroxyl groups is 1. The van der Waals surface area contributed by atoms with Gasteiger partial charge in [-0.05, 0) is 37.3 Å². The number of rotatable bonds is 3. The minimum absolute atomic E-state index is 0.332. The molecule has 1 unspecified atom stereocenters. The molecule has 1 aliphatic carbocycles. The fraction of sp³-hybridized carbons (Fsp3) is 0.471. The third-order valence-corrected chi connectivity index (χ3v) is 4.54. The fourth-order valence-corrected chi connectivity index (χ4v) is 3.26. The number of likely N-dealkylation sites (N-methyl/N-ethyl adjacent to an activating group) is 1. The predicted molar refractivity (Wildman–Crippen MR) is 84.0 cm³/mol. The average Bonchev–Trinajstić information content (AvgIpc) is 2.91. The second-order valence-corrected chi connectivity index (χ2v) is 6.26. The van der Waals surface area contributed by atoms with Gasteiger partial charge in [0.2, 0.25) is 0 Å². The Kier molecular flexibility index (Phi) is 4.29. The molecule has 0 saturated heterocycles. The van der Waals surface area contributed by atoms with E-state index in [1.165, 1.54) is 12.6 Å². The van der Waals surface area contributed by atoms with E-state index in [1.807, 2.05) is 6.07 Å². The Hall–Kier alpha value is -2.02. The van der Waals surface area contributed by atoms with Gasteiger partial charge < -0.3 is 15.0 Å². The lowest BCUT2D eigenvalue weighted by molar-refractivity contribution is -0.205. The third kappa shape index (κ3) is 3.00. The van der Waals surface area contributed by atoms with Crippen LogP contribution in [0.15, 0.2) is 18.2 Å². The number of aromatic amines is 1. The lowest BCUT2D eigenvalue weighted by Gasteiger charge is -2.22. The van der Waals surface area contributed by atoms with E-state index in [2.05, 4.69) is 4.98 Å². The highest BCUT2D eigenvalue weighted by atomic mass is 19.4. The zero-order chi connectivity index (χ0) is 17.5. The standard InChI is InChI=1S/C17H19F3N2O2/c1-22(9-14(23)17(18,19)20)16(24)12-7-4-6-11-10-5-2-3-8-13(10)21-15(11)12/h4,6-7,14,21,23H,2-3,5,8-9H2,1H3. The molecule has 1 aromatic heterocycles. The number of para-hydroxylation sites is 1. The molecule has 1 atom stereocenters. The number of aliphatic hydroxyl groups excluding tert-OH is 1. The van der Waals surface area contributed by atoms with E-state index in [4.69, 9.17) is 0 Å². The monoisotopic (exact) mass is 340 g/mol. The summed E-state index contributed by atoms with van der Waals surface area (Å²) in [6.45, 7) is -0.793. The molecule has 4 nitrogen and oxygen atoms in total. The van der Waals surface area contributed by atoms with E-state index < -0.39 is 24.7 Å². The Bertz CT molecular complexity index is 767. The van der Waals surface area contributed by atoms with Crippen molar-refractivity contribution in [3.05, 3.63) is 35.0 Å². The number of nitrogens with one attached hydrogen (secondary N) is 1. The van der Waals surface area contributed by atoms with Crippen molar-refractivity contribution in [3.8, 4) is 0 Å². The molecule has 0 aliphatic heterocycles. The van der Waals surface area contributed by atoms with Crippen molar-refractivity contribution >= 4 is 16.8 Å². The van der Waals surface area contributed by atoms with Crippen LogP contribution in [0.1, 0.15) is 34.5 Å². The lowest BCUT2D eigenvalue weighted by atomic mass is 9.95. The van der Waals surface area contributed by atoms with Gasteiger partial charge >= 0.3 is 6.18 Å². The second kappa shape index (κ2) is 6.12. The maximum absolute atomic E-state index is 12.6.